The van der Waals surface area contributed by atoms with E-state index < -0.39 is 5.60 Å². The van der Waals surface area contributed by atoms with Crippen molar-refractivity contribution >= 4 is 17.7 Å². The van der Waals surface area contributed by atoms with Crippen LogP contribution in [0.25, 0.3) is 0 Å². The maximum atomic E-state index is 12.0. The number of hydrogen-bond acceptors (Lipinski definition) is 4. The highest BCUT2D eigenvalue weighted by Gasteiger charge is 2.39. The Hall–Kier alpha value is -0.260. The minimum Gasteiger partial charge on any atom is -0.379 e. The van der Waals surface area contributed by atoms with Crippen LogP contribution in [-0.2, 0) is 4.79 Å². The van der Waals surface area contributed by atoms with Gasteiger partial charge in [-0.05, 0) is 38.6 Å². The van der Waals surface area contributed by atoms with Gasteiger partial charge in [0.05, 0.1) is 0 Å². The smallest absolute Gasteiger partial charge is 0.252 e. The molecule has 0 bridgehead atoms. The second kappa shape index (κ2) is 6.78. The zero-order valence-electron chi connectivity index (χ0n) is 11.9. The first kappa shape index (κ1) is 15.8. The van der Waals surface area contributed by atoms with Crippen LogP contribution in [-0.4, -0.2) is 59.7 Å². The lowest BCUT2D eigenvalue weighted by Gasteiger charge is -2.28. The topological polar surface area (TPSA) is 52.6 Å². The van der Waals surface area contributed by atoms with Crippen molar-refractivity contribution in [2.75, 3.05) is 32.1 Å². The van der Waals surface area contributed by atoms with E-state index in [1.807, 2.05) is 14.1 Å². The molecule has 1 saturated heterocycles. The van der Waals surface area contributed by atoms with Crippen LogP contribution < -0.4 is 5.32 Å². The van der Waals surface area contributed by atoms with Crippen molar-refractivity contribution in [2.24, 2.45) is 5.92 Å². The van der Waals surface area contributed by atoms with Crippen molar-refractivity contribution < 1.29 is 9.90 Å². The summed E-state index contributed by atoms with van der Waals surface area (Å²) in [5, 5.41) is 13.1. The maximum Gasteiger partial charge on any atom is 0.252 e. The lowest BCUT2D eigenvalue weighted by Crippen LogP contribution is -2.50. The lowest BCUT2D eigenvalue weighted by atomic mass is 10.0. The fraction of sp³-hybridized carbons (Fsp3) is 0.923. The summed E-state index contributed by atoms with van der Waals surface area (Å²) in [5.41, 5.74) is -1.14. The van der Waals surface area contributed by atoms with Gasteiger partial charge in [-0.3, -0.25) is 4.79 Å². The SMILES string of the molecule is CC(C)CC(CNC(=O)C1(O)CCSC1)N(C)C. The molecule has 1 amide bonds. The summed E-state index contributed by atoms with van der Waals surface area (Å²) < 4.78 is 0. The number of carbonyl (C=O) groups is 1. The zero-order chi connectivity index (χ0) is 13.8. The zero-order valence-corrected chi connectivity index (χ0v) is 12.7. The molecule has 0 aromatic rings. The Morgan fingerprint density at radius 2 is 2.17 bits per heavy atom. The summed E-state index contributed by atoms with van der Waals surface area (Å²) in [7, 11) is 4.05. The highest BCUT2D eigenvalue weighted by molar-refractivity contribution is 7.99. The fourth-order valence-corrected chi connectivity index (χ4v) is 3.37. The van der Waals surface area contributed by atoms with Gasteiger partial charge >= 0.3 is 0 Å². The summed E-state index contributed by atoms with van der Waals surface area (Å²) in [4.78, 5) is 14.1. The standard InChI is InChI=1S/C13H26N2O2S/c1-10(2)7-11(15(3)4)8-14-12(16)13(17)5-6-18-9-13/h10-11,17H,5-9H2,1-4H3,(H,14,16). The number of likely N-dealkylation sites (N-methyl/N-ethyl adjacent to an activating group) is 1. The molecule has 1 aliphatic heterocycles. The van der Waals surface area contributed by atoms with Gasteiger partial charge in [-0.15, -0.1) is 0 Å². The molecule has 0 spiro atoms. The number of aliphatic hydroxyl groups is 1. The van der Waals surface area contributed by atoms with Crippen LogP contribution in [0, 0.1) is 5.92 Å². The molecule has 0 saturated carbocycles. The van der Waals surface area contributed by atoms with E-state index in [1.54, 1.807) is 11.8 Å². The molecule has 5 heteroatoms. The van der Waals surface area contributed by atoms with Crippen LogP contribution in [0.15, 0.2) is 0 Å². The fourth-order valence-electron chi connectivity index (χ4n) is 2.13. The number of nitrogens with zero attached hydrogens (tertiary/aromatic N) is 1. The Morgan fingerprint density at radius 1 is 1.50 bits per heavy atom. The molecule has 18 heavy (non-hydrogen) atoms. The minimum absolute atomic E-state index is 0.205. The molecule has 2 atom stereocenters. The van der Waals surface area contributed by atoms with Crippen molar-refractivity contribution in [3.05, 3.63) is 0 Å². The van der Waals surface area contributed by atoms with Gasteiger partial charge in [-0.1, -0.05) is 13.8 Å². The number of thioether (sulfide) groups is 1. The lowest BCUT2D eigenvalue weighted by molar-refractivity contribution is -0.137. The van der Waals surface area contributed by atoms with Crippen LogP contribution in [0.1, 0.15) is 26.7 Å². The van der Waals surface area contributed by atoms with Crippen LogP contribution in [0.4, 0.5) is 0 Å². The van der Waals surface area contributed by atoms with E-state index in [1.165, 1.54) is 0 Å². The number of amides is 1. The monoisotopic (exact) mass is 274 g/mol. The van der Waals surface area contributed by atoms with Gasteiger partial charge in [0.1, 0.15) is 0 Å². The average Bonchev–Trinajstić information content (AvgIpc) is 2.71. The first-order valence-corrected chi connectivity index (χ1v) is 7.75. The van der Waals surface area contributed by atoms with E-state index >= 15 is 0 Å². The summed E-state index contributed by atoms with van der Waals surface area (Å²) in [6, 6.07) is 0.326. The summed E-state index contributed by atoms with van der Waals surface area (Å²) in [6.07, 6.45) is 1.61. The molecule has 0 aliphatic carbocycles. The Kier molecular flexibility index (Phi) is 5.95. The second-order valence-corrected chi connectivity index (χ2v) is 6.90. The van der Waals surface area contributed by atoms with Gasteiger partial charge in [0.15, 0.2) is 5.60 Å². The molecule has 0 radical (unpaired) electrons. The second-order valence-electron chi connectivity index (χ2n) is 5.79. The quantitative estimate of drug-likeness (QED) is 0.757. The third kappa shape index (κ3) is 4.44. The molecule has 4 nitrogen and oxygen atoms in total. The van der Waals surface area contributed by atoms with Crippen molar-refractivity contribution in [3.8, 4) is 0 Å². The Bertz CT molecular complexity index is 276. The number of hydrogen-bond donors (Lipinski definition) is 2. The predicted molar refractivity (Wildman–Crippen MR) is 76.8 cm³/mol. The molecule has 2 N–H and O–H groups in total. The summed E-state index contributed by atoms with van der Waals surface area (Å²) >= 11 is 1.64. The van der Waals surface area contributed by atoms with E-state index in [-0.39, 0.29) is 5.91 Å². The maximum absolute atomic E-state index is 12.0. The van der Waals surface area contributed by atoms with E-state index in [0.29, 0.717) is 30.7 Å². The van der Waals surface area contributed by atoms with Crippen LogP contribution in [0.2, 0.25) is 0 Å². The average molecular weight is 274 g/mol. The number of rotatable bonds is 6. The molecule has 0 aromatic carbocycles. The van der Waals surface area contributed by atoms with E-state index in [2.05, 4.69) is 24.1 Å². The van der Waals surface area contributed by atoms with Gasteiger partial charge < -0.3 is 15.3 Å². The van der Waals surface area contributed by atoms with Crippen LogP contribution >= 0.6 is 11.8 Å². The van der Waals surface area contributed by atoms with Crippen molar-refractivity contribution in [3.63, 3.8) is 0 Å². The molecule has 1 fully saturated rings. The summed E-state index contributed by atoms with van der Waals surface area (Å²) in [5.74, 6) is 1.78. The van der Waals surface area contributed by atoms with Crippen LogP contribution in [0.5, 0.6) is 0 Å². The van der Waals surface area contributed by atoms with Crippen LogP contribution in [0.3, 0.4) is 0 Å². The van der Waals surface area contributed by atoms with Gasteiger partial charge in [-0.2, -0.15) is 11.8 Å². The van der Waals surface area contributed by atoms with Gasteiger partial charge in [0.25, 0.3) is 5.91 Å². The molecule has 1 heterocycles. The number of carbonyl (C=O) groups excluding carboxylic acids is 1. The number of nitrogens with one attached hydrogen (secondary N) is 1. The third-order valence-electron chi connectivity index (χ3n) is 3.40. The molecular weight excluding hydrogens is 248 g/mol. The Balaban J connectivity index is 2.44. The normalized spacial score (nSPS) is 25.7. The van der Waals surface area contributed by atoms with Crippen molar-refractivity contribution in [1.29, 1.82) is 0 Å². The third-order valence-corrected chi connectivity index (χ3v) is 4.57. The molecule has 106 valence electrons. The van der Waals surface area contributed by atoms with Gasteiger partial charge in [0.2, 0.25) is 0 Å². The van der Waals surface area contributed by atoms with Gasteiger partial charge in [0, 0.05) is 18.3 Å². The molecule has 0 aromatic heterocycles. The largest absolute Gasteiger partial charge is 0.379 e. The molecular formula is C13H26N2O2S. The summed E-state index contributed by atoms with van der Waals surface area (Å²) in [6.45, 7) is 4.97. The first-order valence-electron chi connectivity index (χ1n) is 6.60. The molecule has 1 rings (SSSR count). The molecule has 1 aliphatic rings. The predicted octanol–water partition coefficient (Wildman–Crippen LogP) is 0.947. The first-order chi connectivity index (χ1) is 8.35. The Labute approximate surface area is 115 Å². The highest BCUT2D eigenvalue weighted by Crippen LogP contribution is 2.27. The van der Waals surface area contributed by atoms with Crippen molar-refractivity contribution in [2.45, 2.75) is 38.3 Å². The van der Waals surface area contributed by atoms with E-state index in [9.17, 15) is 9.90 Å². The highest BCUT2D eigenvalue weighted by atomic mass is 32.2. The van der Waals surface area contributed by atoms with E-state index in [4.69, 9.17) is 0 Å². The molecule has 2 unspecified atom stereocenters. The van der Waals surface area contributed by atoms with E-state index in [0.717, 1.165) is 12.2 Å². The van der Waals surface area contributed by atoms with Crippen molar-refractivity contribution in [1.82, 2.24) is 10.2 Å². The Morgan fingerprint density at radius 3 is 2.61 bits per heavy atom. The minimum atomic E-state index is -1.14. The van der Waals surface area contributed by atoms with Gasteiger partial charge in [-0.25, -0.2) is 0 Å².